The number of hydrogen-bond acceptors (Lipinski definition) is 3. The van der Waals surface area contributed by atoms with E-state index in [4.69, 9.17) is 27.9 Å². The number of rotatable bonds is 5. The lowest BCUT2D eigenvalue weighted by Gasteiger charge is -2.13. The quantitative estimate of drug-likeness (QED) is 0.448. The SMILES string of the molecule is O=C1NN(c2ccccc2)C(=O)/C1=C/c1cccc(OCc2ccc(Cl)c(Cl)c2)c1. The average Bonchev–Trinajstić information content (AvgIpc) is 3.04. The minimum atomic E-state index is -0.453. The Labute approximate surface area is 183 Å². The van der Waals surface area contributed by atoms with Gasteiger partial charge in [0, 0.05) is 0 Å². The monoisotopic (exact) mass is 438 g/mol. The zero-order valence-corrected chi connectivity index (χ0v) is 17.2. The molecule has 0 aromatic heterocycles. The Morgan fingerprint density at radius 3 is 2.47 bits per heavy atom. The van der Waals surface area contributed by atoms with Gasteiger partial charge in [0.15, 0.2) is 0 Å². The first-order chi connectivity index (χ1) is 14.5. The number of para-hydroxylation sites is 1. The maximum absolute atomic E-state index is 12.7. The Morgan fingerprint density at radius 1 is 0.900 bits per heavy atom. The number of amides is 2. The number of carbonyl (C=O) groups excluding carboxylic acids is 2. The highest BCUT2D eigenvalue weighted by atomic mass is 35.5. The molecule has 0 radical (unpaired) electrons. The lowest BCUT2D eigenvalue weighted by Crippen LogP contribution is -2.35. The molecule has 0 spiro atoms. The molecule has 0 unspecified atom stereocenters. The molecule has 1 heterocycles. The first-order valence-electron chi connectivity index (χ1n) is 9.10. The van der Waals surface area contributed by atoms with Crippen molar-refractivity contribution in [1.82, 2.24) is 5.43 Å². The van der Waals surface area contributed by atoms with Crippen molar-refractivity contribution in [3.63, 3.8) is 0 Å². The number of carbonyl (C=O) groups is 2. The molecule has 3 aromatic rings. The molecule has 1 saturated heterocycles. The second kappa shape index (κ2) is 8.61. The highest BCUT2D eigenvalue weighted by Gasteiger charge is 2.34. The van der Waals surface area contributed by atoms with E-state index in [2.05, 4.69) is 5.43 Å². The summed E-state index contributed by atoms with van der Waals surface area (Å²) >= 11 is 12.0. The van der Waals surface area contributed by atoms with Gasteiger partial charge in [-0.05, 0) is 53.6 Å². The molecule has 1 N–H and O–H groups in total. The minimum Gasteiger partial charge on any atom is -0.489 e. The third kappa shape index (κ3) is 4.32. The van der Waals surface area contributed by atoms with Gasteiger partial charge in [0.2, 0.25) is 0 Å². The van der Waals surface area contributed by atoms with Crippen LogP contribution in [-0.2, 0) is 16.2 Å². The number of halogens is 2. The molecule has 1 fully saturated rings. The topological polar surface area (TPSA) is 58.6 Å². The largest absolute Gasteiger partial charge is 0.489 e. The van der Waals surface area contributed by atoms with Crippen molar-refractivity contribution in [3.8, 4) is 5.75 Å². The fraction of sp³-hybridized carbons (Fsp3) is 0.0435. The smallest absolute Gasteiger partial charge is 0.282 e. The molecular weight excluding hydrogens is 423 g/mol. The van der Waals surface area contributed by atoms with Gasteiger partial charge in [-0.15, -0.1) is 0 Å². The van der Waals surface area contributed by atoms with Crippen LogP contribution in [0.2, 0.25) is 10.0 Å². The van der Waals surface area contributed by atoms with Gasteiger partial charge in [-0.3, -0.25) is 15.0 Å². The van der Waals surface area contributed by atoms with E-state index in [9.17, 15) is 9.59 Å². The van der Waals surface area contributed by atoms with Crippen LogP contribution in [0, 0.1) is 0 Å². The number of anilines is 1. The first kappa shape index (κ1) is 20.0. The van der Waals surface area contributed by atoms with E-state index in [1.807, 2.05) is 12.1 Å². The summed E-state index contributed by atoms with van der Waals surface area (Å²) < 4.78 is 5.81. The summed E-state index contributed by atoms with van der Waals surface area (Å²) in [5.41, 5.74) is 4.78. The molecule has 1 aliphatic rings. The summed E-state index contributed by atoms with van der Waals surface area (Å²) in [5, 5.41) is 2.18. The van der Waals surface area contributed by atoms with Crippen LogP contribution >= 0.6 is 23.2 Å². The van der Waals surface area contributed by atoms with E-state index in [0.29, 0.717) is 33.7 Å². The summed E-state index contributed by atoms with van der Waals surface area (Å²) in [7, 11) is 0. The van der Waals surface area contributed by atoms with Gasteiger partial charge in [-0.1, -0.05) is 59.6 Å². The lowest BCUT2D eigenvalue weighted by atomic mass is 10.1. The highest BCUT2D eigenvalue weighted by Crippen LogP contribution is 2.25. The summed E-state index contributed by atoms with van der Waals surface area (Å²) in [4.78, 5) is 25.0. The summed E-state index contributed by atoms with van der Waals surface area (Å²) in [6, 6.07) is 21.4. The molecule has 3 aromatic carbocycles. The molecular formula is C23H16Cl2N2O3. The molecule has 0 atom stereocenters. The molecule has 0 aliphatic carbocycles. The third-order valence-corrected chi connectivity index (χ3v) is 5.20. The highest BCUT2D eigenvalue weighted by molar-refractivity contribution is 6.42. The van der Waals surface area contributed by atoms with Gasteiger partial charge >= 0.3 is 0 Å². The van der Waals surface area contributed by atoms with Crippen LogP contribution < -0.4 is 15.2 Å². The molecule has 7 heteroatoms. The number of benzene rings is 3. The van der Waals surface area contributed by atoms with Crippen LogP contribution in [0.3, 0.4) is 0 Å². The van der Waals surface area contributed by atoms with E-state index in [1.54, 1.807) is 66.7 Å². The number of nitrogens with zero attached hydrogens (tertiary/aromatic N) is 1. The van der Waals surface area contributed by atoms with Crippen molar-refractivity contribution in [2.24, 2.45) is 0 Å². The summed E-state index contributed by atoms with van der Waals surface area (Å²) in [6.45, 7) is 0.304. The van der Waals surface area contributed by atoms with E-state index < -0.39 is 11.8 Å². The third-order valence-electron chi connectivity index (χ3n) is 4.46. The lowest BCUT2D eigenvalue weighted by molar-refractivity contribution is -0.117. The average molecular weight is 439 g/mol. The maximum atomic E-state index is 12.7. The maximum Gasteiger partial charge on any atom is 0.282 e. The zero-order chi connectivity index (χ0) is 21.1. The minimum absolute atomic E-state index is 0.0560. The zero-order valence-electron chi connectivity index (χ0n) is 15.6. The van der Waals surface area contributed by atoms with Gasteiger partial charge < -0.3 is 4.74 Å². The molecule has 0 bridgehead atoms. The summed E-state index contributed by atoms with van der Waals surface area (Å²) in [6.07, 6.45) is 1.55. The van der Waals surface area contributed by atoms with Crippen molar-refractivity contribution in [2.75, 3.05) is 5.01 Å². The predicted molar refractivity (Wildman–Crippen MR) is 117 cm³/mol. The van der Waals surface area contributed by atoms with Crippen LogP contribution in [0.1, 0.15) is 11.1 Å². The van der Waals surface area contributed by atoms with Gasteiger partial charge in [-0.2, -0.15) is 0 Å². The normalized spacial score (nSPS) is 14.9. The van der Waals surface area contributed by atoms with Crippen LogP contribution in [0.15, 0.2) is 78.4 Å². The Morgan fingerprint density at radius 2 is 1.70 bits per heavy atom. The van der Waals surface area contributed by atoms with Gasteiger partial charge in [0.25, 0.3) is 11.8 Å². The van der Waals surface area contributed by atoms with Crippen molar-refractivity contribution >= 4 is 46.8 Å². The molecule has 2 amide bonds. The fourth-order valence-corrected chi connectivity index (χ4v) is 3.29. The Balaban J connectivity index is 1.50. The van der Waals surface area contributed by atoms with Crippen LogP contribution in [0.4, 0.5) is 5.69 Å². The molecule has 5 nitrogen and oxygen atoms in total. The Bertz CT molecular complexity index is 1150. The van der Waals surface area contributed by atoms with Crippen LogP contribution in [-0.4, -0.2) is 11.8 Å². The number of ether oxygens (including phenoxy) is 1. The van der Waals surface area contributed by atoms with Crippen molar-refractivity contribution < 1.29 is 14.3 Å². The van der Waals surface area contributed by atoms with Gasteiger partial charge in [0.05, 0.1) is 15.7 Å². The Hall–Kier alpha value is -3.28. The van der Waals surface area contributed by atoms with Crippen molar-refractivity contribution in [1.29, 1.82) is 0 Å². The van der Waals surface area contributed by atoms with E-state index >= 15 is 0 Å². The Kier molecular flexibility index (Phi) is 5.74. The van der Waals surface area contributed by atoms with Crippen LogP contribution in [0.5, 0.6) is 5.75 Å². The van der Waals surface area contributed by atoms with Gasteiger partial charge in [0.1, 0.15) is 17.9 Å². The molecule has 150 valence electrons. The number of hydrazine groups is 1. The first-order valence-corrected chi connectivity index (χ1v) is 9.86. The molecule has 0 saturated carbocycles. The number of hydrogen-bond donors (Lipinski definition) is 1. The predicted octanol–water partition coefficient (Wildman–Crippen LogP) is 5.03. The van der Waals surface area contributed by atoms with Crippen molar-refractivity contribution in [3.05, 3.63) is 99.5 Å². The number of nitrogens with one attached hydrogen (secondary N) is 1. The second-order valence-corrected chi connectivity index (χ2v) is 7.40. The molecule has 30 heavy (non-hydrogen) atoms. The van der Waals surface area contributed by atoms with Gasteiger partial charge in [-0.25, -0.2) is 5.01 Å². The molecule has 1 aliphatic heterocycles. The second-order valence-electron chi connectivity index (χ2n) is 6.58. The summed E-state index contributed by atoms with van der Waals surface area (Å²) in [5.74, 6) is -0.263. The van der Waals surface area contributed by atoms with E-state index in [0.717, 1.165) is 5.56 Å². The van der Waals surface area contributed by atoms with Crippen LogP contribution in [0.25, 0.3) is 6.08 Å². The molecule has 4 rings (SSSR count). The fourth-order valence-electron chi connectivity index (χ4n) is 2.97. The standard InChI is InChI=1S/C23H16Cl2N2O3/c24-20-10-9-16(13-21(20)25)14-30-18-8-4-5-15(11-18)12-19-22(28)26-27(23(19)29)17-6-2-1-3-7-17/h1-13H,14H2,(H,26,28)/b19-12+. The van der Waals surface area contributed by atoms with Crippen molar-refractivity contribution in [2.45, 2.75) is 6.61 Å². The van der Waals surface area contributed by atoms with E-state index in [-0.39, 0.29) is 5.57 Å². The van der Waals surface area contributed by atoms with E-state index in [1.165, 1.54) is 5.01 Å².